The number of halogens is 3. The van der Waals surface area contributed by atoms with Gasteiger partial charge >= 0.3 is 0 Å². The average molecular weight is 700 g/mol. The molecule has 45 heavy (non-hydrogen) atoms. The van der Waals surface area contributed by atoms with Crippen LogP contribution in [0.4, 0.5) is 11.4 Å². The van der Waals surface area contributed by atoms with Crippen molar-refractivity contribution in [2.24, 2.45) is 0 Å². The van der Waals surface area contributed by atoms with Crippen molar-refractivity contribution in [1.82, 2.24) is 10.2 Å². The summed E-state index contributed by atoms with van der Waals surface area (Å²) in [5.41, 5.74) is 0.293. The fourth-order valence-corrected chi connectivity index (χ4v) is 6.49. The van der Waals surface area contributed by atoms with Crippen LogP contribution < -0.4 is 14.4 Å². The van der Waals surface area contributed by atoms with Crippen LogP contribution in [0, 0.1) is 17.0 Å². The van der Waals surface area contributed by atoms with Crippen LogP contribution in [0.5, 0.6) is 5.75 Å². The van der Waals surface area contributed by atoms with Gasteiger partial charge in [-0.2, -0.15) is 0 Å². The molecular weight excluding hydrogens is 667 g/mol. The lowest BCUT2D eigenvalue weighted by atomic mass is 10.1. The molecule has 3 aromatic carbocycles. The first-order chi connectivity index (χ1) is 21.2. The first-order valence-electron chi connectivity index (χ1n) is 13.9. The second-order valence-electron chi connectivity index (χ2n) is 10.0. The van der Waals surface area contributed by atoms with Gasteiger partial charge in [0.2, 0.25) is 11.8 Å². The molecule has 2 amide bonds. The van der Waals surface area contributed by atoms with E-state index in [1.807, 2.05) is 6.92 Å². The van der Waals surface area contributed by atoms with Gasteiger partial charge in [-0.25, -0.2) is 8.42 Å². The lowest BCUT2D eigenvalue weighted by molar-refractivity contribution is -0.385. The second-order valence-corrected chi connectivity index (χ2v) is 13.1. The normalized spacial score (nSPS) is 11.9. The zero-order chi connectivity index (χ0) is 33.5. The van der Waals surface area contributed by atoms with Gasteiger partial charge in [0, 0.05) is 29.7 Å². The molecule has 0 radical (unpaired) electrons. The summed E-state index contributed by atoms with van der Waals surface area (Å²) in [6.45, 7) is 4.55. The van der Waals surface area contributed by atoms with Gasteiger partial charge in [0.25, 0.3) is 15.7 Å². The van der Waals surface area contributed by atoms with Crippen molar-refractivity contribution in [3.63, 3.8) is 0 Å². The summed E-state index contributed by atoms with van der Waals surface area (Å²) < 4.78 is 34.7. The van der Waals surface area contributed by atoms with Gasteiger partial charge in [0.15, 0.2) is 0 Å². The largest absolute Gasteiger partial charge is 0.495 e. The summed E-state index contributed by atoms with van der Waals surface area (Å²) in [5.74, 6) is -1.09. The van der Waals surface area contributed by atoms with E-state index in [9.17, 15) is 28.1 Å². The molecule has 0 aliphatic rings. The molecule has 0 aliphatic carbocycles. The van der Waals surface area contributed by atoms with Crippen LogP contribution in [0.15, 0.2) is 59.5 Å². The fraction of sp³-hybridized carbons (Fsp3) is 0.333. The van der Waals surface area contributed by atoms with E-state index < -0.39 is 49.9 Å². The summed E-state index contributed by atoms with van der Waals surface area (Å²) in [6, 6.07) is 11.4. The number of nitro groups is 1. The Morgan fingerprint density at radius 2 is 1.73 bits per heavy atom. The van der Waals surface area contributed by atoms with Gasteiger partial charge in [-0.05, 0) is 61.7 Å². The second kappa shape index (κ2) is 15.6. The van der Waals surface area contributed by atoms with Crippen LogP contribution in [0.3, 0.4) is 0 Å². The van der Waals surface area contributed by atoms with Gasteiger partial charge in [0.05, 0.1) is 32.7 Å². The summed E-state index contributed by atoms with van der Waals surface area (Å²) in [7, 11) is -3.34. The van der Waals surface area contributed by atoms with Crippen molar-refractivity contribution < 1.29 is 27.7 Å². The predicted molar refractivity (Wildman–Crippen MR) is 175 cm³/mol. The Bertz CT molecular complexity index is 1690. The quantitative estimate of drug-likeness (QED) is 0.152. The van der Waals surface area contributed by atoms with Gasteiger partial charge in [-0.15, -0.1) is 0 Å². The first kappa shape index (κ1) is 35.9. The zero-order valence-electron chi connectivity index (χ0n) is 25.1. The summed E-state index contributed by atoms with van der Waals surface area (Å²) in [6.07, 6.45) is 0.867. The number of ether oxygens (including phenoxy) is 1. The molecule has 242 valence electrons. The van der Waals surface area contributed by atoms with Gasteiger partial charge in [0.1, 0.15) is 18.3 Å². The van der Waals surface area contributed by atoms with E-state index in [1.165, 1.54) is 49.3 Å². The molecule has 0 aromatic heterocycles. The molecule has 11 nitrogen and oxygen atoms in total. The molecule has 0 fully saturated rings. The molecule has 0 spiro atoms. The van der Waals surface area contributed by atoms with E-state index >= 15 is 0 Å². The predicted octanol–water partition coefficient (Wildman–Crippen LogP) is 6.40. The maximum atomic E-state index is 14.3. The highest BCUT2D eigenvalue weighted by molar-refractivity contribution is 7.92. The molecule has 3 aromatic rings. The number of nitrogens with one attached hydrogen (secondary N) is 1. The van der Waals surface area contributed by atoms with Gasteiger partial charge in [-0.1, -0.05) is 60.8 Å². The minimum atomic E-state index is -4.65. The number of aryl methyl sites for hydroxylation is 1. The maximum absolute atomic E-state index is 14.3. The Morgan fingerprint density at radius 3 is 2.33 bits per heavy atom. The minimum absolute atomic E-state index is 0.0705. The van der Waals surface area contributed by atoms with E-state index in [4.69, 9.17) is 39.5 Å². The Labute approximate surface area is 277 Å². The Balaban J connectivity index is 2.19. The van der Waals surface area contributed by atoms with E-state index in [0.717, 1.165) is 10.4 Å². The maximum Gasteiger partial charge on any atom is 0.273 e. The number of carbonyl (C=O) groups is 2. The average Bonchev–Trinajstić information content (AvgIpc) is 3.00. The van der Waals surface area contributed by atoms with Crippen molar-refractivity contribution in [1.29, 1.82) is 0 Å². The van der Waals surface area contributed by atoms with Crippen LogP contribution in [-0.4, -0.2) is 56.3 Å². The highest BCUT2D eigenvalue weighted by Crippen LogP contribution is 2.36. The molecule has 1 N–H and O–H groups in total. The highest BCUT2D eigenvalue weighted by Gasteiger charge is 2.35. The molecule has 0 saturated carbocycles. The third-order valence-electron chi connectivity index (χ3n) is 6.93. The van der Waals surface area contributed by atoms with Crippen molar-refractivity contribution in [3.8, 4) is 5.75 Å². The molecule has 3 rings (SSSR count). The van der Waals surface area contributed by atoms with Crippen molar-refractivity contribution in [2.45, 2.75) is 51.1 Å². The fourth-order valence-electron chi connectivity index (χ4n) is 4.57. The zero-order valence-corrected chi connectivity index (χ0v) is 28.1. The number of nitrogens with zero attached hydrogens (tertiary/aromatic N) is 3. The summed E-state index contributed by atoms with van der Waals surface area (Å²) >= 11 is 18.6. The number of hydrogen-bond donors (Lipinski definition) is 1. The molecular formula is C30H33Cl3N4O7S. The smallest absolute Gasteiger partial charge is 0.273 e. The third kappa shape index (κ3) is 8.57. The summed E-state index contributed by atoms with van der Waals surface area (Å²) in [5, 5.41) is 15.1. The molecule has 15 heteroatoms. The monoisotopic (exact) mass is 698 g/mol. The lowest BCUT2D eigenvalue weighted by Crippen LogP contribution is -2.52. The molecule has 0 aliphatic heterocycles. The minimum Gasteiger partial charge on any atom is -0.495 e. The molecule has 0 heterocycles. The highest BCUT2D eigenvalue weighted by atomic mass is 35.5. The van der Waals surface area contributed by atoms with Crippen molar-refractivity contribution in [2.75, 3.05) is 24.5 Å². The van der Waals surface area contributed by atoms with E-state index in [2.05, 4.69) is 5.32 Å². The number of benzene rings is 3. The van der Waals surface area contributed by atoms with Crippen LogP contribution in [0.2, 0.25) is 15.1 Å². The summed E-state index contributed by atoms with van der Waals surface area (Å²) in [4.78, 5) is 39.3. The van der Waals surface area contributed by atoms with Crippen LogP contribution >= 0.6 is 34.8 Å². The first-order valence-corrected chi connectivity index (χ1v) is 16.4. The number of carbonyl (C=O) groups excluding carboxylic acids is 2. The van der Waals surface area contributed by atoms with Gasteiger partial charge < -0.3 is 15.0 Å². The third-order valence-corrected chi connectivity index (χ3v) is 9.66. The van der Waals surface area contributed by atoms with Crippen LogP contribution in [0.1, 0.15) is 37.8 Å². The van der Waals surface area contributed by atoms with Gasteiger partial charge in [-0.3, -0.25) is 24.0 Å². The number of hydrogen-bond acceptors (Lipinski definition) is 7. The Hall–Kier alpha value is -3.58. The van der Waals surface area contributed by atoms with E-state index in [1.54, 1.807) is 25.1 Å². The lowest BCUT2D eigenvalue weighted by Gasteiger charge is -2.33. The molecule has 0 bridgehead atoms. The Morgan fingerprint density at radius 1 is 1.02 bits per heavy atom. The number of nitro benzene ring substituents is 1. The number of rotatable bonds is 14. The molecule has 1 atom stereocenters. The Kier molecular flexibility index (Phi) is 12.5. The van der Waals surface area contributed by atoms with Crippen molar-refractivity contribution in [3.05, 3.63) is 90.9 Å². The SMILES string of the molecule is CCCNC(=O)[C@H](CC)N(Cc1ccc(Cl)c(Cl)c1)C(=O)CN(c1cc(Cl)ccc1OC)S(=O)(=O)c1ccc(C)c([N+](=O)[O-])c1. The van der Waals surface area contributed by atoms with Crippen LogP contribution in [-0.2, 0) is 26.2 Å². The van der Waals surface area contributed by atoms with E-state index in [-0.39, 0.29) is 40.0 Å². The molecule has 0 unspecified atom stereocenters. The number of amides is 2. The number of anilines is 1. The van der Waals surface area contributed by atoms with Crippen molar-refractivity contribution >= 4 is 68.0 Å². The standard InChI is InChI=1S/C30H33Cl3N4O7S/c1-5-13-34-30(39)25(6-2)35(17-20-8-11-23(32)24(33)14-20)29(38)18-36(27-15-21(31)9-12-28(27)44-4)45(42,43)22-10-7-19(3)26(16-22)37(40)41/h7-12,14-16,25H,5-6,13,17-18H2,1-4H3,(H,34,39)/t25-/m0/s1. The van der Waals surface area contributed by atoms with E-state index in [0.29, 0.717) is 23.6 Å². The molecule has 0 saturated heterocycles. The topological polar surface area (TPSA) is 139 Å². The van der Waals surface area contributed by atoms with Crippen LogP contribution in [0.25, 0.3) is 0 Å². The number of sulfonamides is 1. The number of methoxy groups -OCH3 is 1.